The Morgan fingerprint density at radius 3 is 1.22 bits per heavy atom. The van der Waals surface area contributed by atoms with Crippen molar-refractivity contribution in [2.45, 2.75) is 26.6 Å². The molecule has 5 heteroatoms. The Morgan fingerprint density at radius 1 is 0.381 bits per heavy atom. The fourth-order valence-electron chi connectivity index (χ4n) is 10.4. The number of aromatic nitrogens is 2. The zero-order chi connectivity index (χ0) is 43.9. The molecule has 0 amide bonds. The Morgan fingerprint density at radius 2 is 0.778 bits per heavy atom. The average molecular weight is 827 g/mol. The van der Waals surface area contributed by atoms with Crippen molar-refractivity contribution in [3.63, 3.8) is 0 Å². The molecule has 0 atom stereocenters. The number of fused-ring (bicyclic) bond motifs is 12. The van der Waals surface area contributed by atoms with E-state index in [9.17, 15) is 2.74 Å². The predicted octanol–water partition coefficient (Wildman–Crippen LogP) is 15.8. The van der Waals surface area contributed by atoms with E-state index in [1.54, 1.807) is 0 Å². The van der Waals surface area contributed by atoms with Gasteiger partial charge < -0.3 is 18.6 Å². The molecule has 0 aliphatic heterocycles. The molecule has 0 fully saturated rings. The van der Waals surface area contributed by atoms with Crippen LogP contribution in [0, 0.1) is 6.92 Å². The standard InChI is InChI=1S/C58H44N4Si/c1-37-23-25-40(26-24-37)59(38-15-7-5-8-16-38)51-33-31-43-47-35-54-48(36-53(47)61-49-21-13-11-19-45(49)55(51)57(43)61)44-32-34-52(56-46-20-12-14-22-50(46)62(54)58(44)56)60(39-17-9-6-10-18-39)41-27-29-42(30-28-41)63(2,3)4/h5-36H,1-4H3/i35D,36D. The smallest absolute Gasteiger partial charge is 0.0775 e. The summed E-state index contributed by atoms with van der Waals surface area (Å²) in [6.45, 7) is 9.29. The molecule has 9 aromatic carbocycles. The van der Waals surface area contributed by atoms with Gasteiger partial charge in [0.05, 0.1) is 55.3 Å². The van der Waals surface area contributed by atoms with Gasteiger partial charge in [-0.2, -0.15) is 0 Å². The zero-order valence-electron chi connectivity index (χ0n) is 37.6. The molecule has 0 aliphatic carbocycles. The Kier molecular flexibility index (Phi) is 7.13. The summed E-state index contributed by atoms with van der Waals surface area (Å²) in [5.41, 5.74) is 13.3. The quantitative estimate of drug-likeness (QED) is 0.149. The summed E-state index contributed by atoms with van der Waals surface area (Å²) in [5.74, 6) is 0. The molecule has 0 spiro atoms. The first-order valence-corrected chi connectivity index (χ1v) is 25.4. The lowest BCUT2D eigenvalue weighted by Gasteiger charge is -2.27. The maximum atomic E-state index is 10.4. The van der Waals surface area contributed by atoms with Crippen LogP contribution in [0.1, 0.15) is 8.30 Å². The number of para-hydroxylation sites is 4. The second-order valence-corrected chi connectivity index (χ2v) is 23.2. The highest BCUT2D eigenvalue weighted by Crippen LogP contribution is 2.51. The number of anilines is 6. The normalized spacial score (nSPS) is 12.9. The van der Waals surface area contributed by atoms with Crippen LogP contribution in [0.4, 0.5) is 34.1 Å². The van der Waals surface area contributed by atoms with E-state index >= 15 is 0 Å². The first-order valence-electron chi connectivity index (χ1n) is 22.9. The van der Waals surface area contributed by atoms with Gasteiger partial charge in [0, 0.05) is 65.8 Å². The number of hydrogen-bond donors (Lipinski definition) is 0. The average Bonchev–Trinajstić information content (AvgIpc) is 4.07. The maximum Gasteiger partial charge on any atom is 0.0775 e. The third-order valence-electron chi connectivity index (χ3n) is 13.3. The second kappa shape index (κ2) is 13.2. The molecule has 0 unspecified atom stereocenters. The van der Waals surface area contributed by atoms with Gasteiger partial charge in [-0.15, -0.1) is 0 Å². The summed E-state index contributed by atoms with van der Waals surface area (Å²) in [5, 5.41) is 9.46. The predicted molar refractivity (Wildman–Crippen MR) is 273 cm³/mol. The minimum Gasteiger partial charge on any atom is -0.310 e. The fraction of sp³-hybridized carbons (Fsp3) is 0.0690. The van der Waals surface area contributed by atoms with Crippen molar-refractivity contribution in [1.29, 1.82) is 0 Å². The minimum absolute atomic E-state index is 0.438. The molecule has 4 heterocycles. The molecule has 300 valence electrons. The van der Waals surface area contributed by atoms with E-state index in [4.69, 9.17) is 0 Å². The van der Waals surface area contributed by atoms with Crippen molar-refractivity contribution < 1.29 is 2.74 Å². The van der Waals surface area contributed by atoms with E-state index in [0.29, 0.717) is 12.1 Å². The van der Waals surface area contributed by atoms with Crippen molar-refractivity contribution in [1.82, 2.24) is 8.80 Å². The van der Waals surface area contributed by atoms with E-state index in [1.165, 1.54) is 10.8 Å². The third-order valence-corrected chi connectivity index (χ3v) is 15.4. The molecule has 0 saturated carbocycles. The van der Waals surface area contributed by atoms with Gasteiger partial charge in [-0.3, -0.25) is 0 Å². The van der Waals surface area contributed by atoms with Gasteiger partial charge in [0.1, 0.15) is 0 Å². The first-order chi connectivity index (χ1) is 31.7. The molecule has 13 aromatic rings. The topological polar surface area (TPSA) is 15.3 Å². The molecule has 0 radical (unpaired) electrons. The van der Waals surface area contributed by atoms with E-state index < -0.39 is 8.07 Å². The van der Waals surface area contributed by atoms with Crippen LogP contribution >= 0.6 is 0 Å². The van der Waals surface area contributed by atoms with Gasteiger partial charge in [-0.05, 0) is 91.8 Å². The van der Waals surface area contributed by atoms with E-state index in [1.807, 2.05) is 0 Å². The number of hydrogen-bond acceptors (Lipinski definition) is 2. The monoisotopic (exact) mass is 826 g/mol. The first kappa shape index (κ1) is 34.0. The van der Waals surface area contributed by atoms with Crippen LogP contribution in [-0.4, -0.2) is 16.9 Å². The number of rotatable bonds is 7. The van der Waals surface area contributed by atoms with Crippen LogP contribution in [-0.2, 0) is 0 Å². The van der Waals surface area contributed by atoms with Crippen molar-refractivity contribution in [2.24, 2.45) is 0 Å². The Labute approximate surface area is 369 Å². The highest BCUT2D eigenvalue weighted by Gasteiger charge is 2.28. The van der Waals surface area contributed by atoms with Gasteiger partial charge in [0.15, 0.2) is 0 Å². The van der Waals surface area contributed by atoms with Gasteiger partial charge in [-0.25, -0.2) is 0 Å². The van der Waals surface area contributed by atoms with E-state index in [2.05, 4.69) is 227 Å². The van der Waals surface area contributed by atoms with Crippen LogP contribution < -0.4 is 15.0 Å². The second-order valence-electron chi connectivity index (χ2n) is 18.1. The molecule has 63 heavy (non-hydrogen) atoms. The molecule has 4 nitrogen and oxygen atoms in total. The Hall–Kier alpha value is -7.60. The van der Waals surface area contributed by atoms with Gasteiger partial charge >= 0.3 is 0 Å². The van der Waals surface area contributed by atoms with E-state index in [0.717, 1.165) is 110 Å². The largest absolute Gasteiger partial charge is 0.310 e. The highest BCUT2D eigenvalue weighted by atomic mass is 28.3. The summed E-state index contributed by atoms with van der Waals surface area (Å²) in [6, 6.07) is 66.0. The summed E-state index contributed by atoms with van der Waals surface area (Å²) in [4.78, 5) is 4.72. The molecule has 0 bridgehead atoms. The minimum atomic E-state index is -1.53. The molecule has 0 saturated heterocycles. The molecule has 4 aromatic heterocycles. The molecule has 0 N–H and O–H groups in total. The Balaban J connectivity index is 1.14. The molecular weight excluding hydrogens is 781 g/mol. The highest BCUT2D eigenvalue weighted by molar-refractivity contribution is 6.88. The van der Waals surface area contributed by atoms with Crippen molar-refractivity contribution >= 4 is 124 Å². The van der Waals surface area contributed by atoms with Crippen LogP contribution in [0.3, 0.4) is 0 Å². The van der Waals surface area contributed by atoms with Gasteiger partial charge in [0.2, 0.25) is 0 Å². The van der Waals surface area contributed by atoms with Gasteiger partial charge in [-0.1, -0.05) is 140 Å². The number of aryl methyl sites for hydroxylation is 1. The van der Waals surface area contributed by atoms with Crippen molar-refractivity contribution in [2.75, 3.05) is 9.80 Å². The van der Waals surface area contributed by atoms with Crippen LogP contribution in [0.25, 0.3) is 76.2 Å². The SMILES string of the molecule is [2H]c1c2c3ccc(N(c4ccccc4)c4ccc([Si](C)(C)C)cc4)c4c5ccccc5n(c2c([2H])c2c5ccc(N(c6ccccc6)c6ccc(C)cc6)c6c7ccccc7n(c12)c56)c34. The molecule has 13 rings (SSSR count). The summed E-state index contributed by atoms with van der Waals surface area (Å²) < 4.78 is 25.4. The lowest BCUT2D eigenvalue weighted by molar-refractivity contribution is 1.29. The number of nitrogens with zero attached hydrogens (tertiary/aromatic N) is 4. The van der Waals surface area contributed by atoms with Crippen LogP contribution in [0.15, 0.2) is 194 Å². The fourth-order valence-corrected chi connectivity index (χ4v) is 11.6. The summed E-state index contributed by atoms with van der Waals surface area (Å²) in [6.07, 6.45) is 0. The van der Waals surface area contributed by atoms with Crippen molar-refractivity contribution in [3.05, 3.63) is 200 Å². The lowest BCUT2D eigenvalue weighted by atomic mass is 10.0. The third kappa shape index (κ3) is 5.14. The Bertz CT molecular complexity index is 4000. The zero-order valence-corrected chi connectivity index (χ0v) is 36.6. The lowest BCUT2D eigenvalue weighted by Crippen LogP contribution is -2.37. The van der Waals surface area contributed by atoms with E-state index in [-0.39, 0.29) is 0 Å². The van der Waals surface area contributed by atoms with Crippen LogP contribution in [0.2, 0.25) is 19.6 Å². The maximum absolute atomic E-state index is 10.4. The molecule has 0 aliphatic rings. The number of benzene rings is 9. The van der Waals surface area contributed by atoms with Gasteiger partial charge in [0.25, 0.3) is 0 Å². The van der Waals surface area contributed by atoms with Crippen LogP contribution in [0.5, 0.6) is 0 Å². The summed E-state index contributed by atoms with van der Waals surface area (Å²) >= 11 is 0. The molecular formula is C58H44N4Si. The van der Waals surface area contributed by atoms with Crippen molar-refractivity contribution in [3.8, 4) is 0 Å². The summed E-state index contributed by atoms with van der Waals surface area (Å²) in [7, 11) is -1.53.